The molecule has 3 atom stereocenters. The Hall–Kier alpha value is -3.33. The largest absolute Gasteiger partial charge is 0.493 e. The molecule has 1 saturated heterocycles. The van der Waals surface area contributed by atoms with Gasteiger partial charge in [0, 0.05) is 25.3 Å². The quantitative estimate of drug-likeness (QED) is 0.529. The fourth-order valence-electron chi connectivity index (χ4n) is 4.54. The van der Waals surface area contributed by atoms with E-state index in [0.717, 1.165) is 5.56 Å². The predicted octanol–water partition coefficient (Wildman–Crippen LogP) is 3.12. The Bertz CT molecular complexity index is 1100. The molecule has 2 aliphatic heterocycles. The summed E-state index contributed by atoms with van der Waals surface area (Å²) < 4.78 is 17.2. The molecule has 0 saturated carbocycles. The Morgan fingerprint density at radius 3 is 2.52 bits per heavy atom. The van der Waals surface area contributed by atoms with Crippen LogP contribution in [-0.4, -0.2) is 55.4 Å². The molecule has 0 aromatic heterocycles. The number of hydrogen-bond acceptors (Lipinski definition) is 6. The van der Waals surface area contributed by atoms with Crippen molar-refractivity contribution in [1.29, 1.82) is 0 Å². The first kappa shape index (κ1) is 22.8. The van der Waals surface area contributed by atoms with Gasteiger partial charge in [0.1, 0.15) is 5.92 Å². The molecule has 0 unspecified atom stereocenters. The standard InChI is InChI=1S/C24H27N3O5S/c1-6-31-22(29)14-10-12-15(13-11-14)27-23(33)25-19-16-8-7-9-17(30-5)20(16)32-24(27,2)18(19)21(28)26(3)4/h7-13,18-19H,6H2,1-5H3,(H,25,33)/t18-,19+,24+/m1/s1. The number of fused-ring (bicyclic) bond motifs is 4. The minimum absolute atomic E-state index is 0.0980. The molecular weight excluding hydrogens is 442 g/mol. The molecule has 9 heteroatoms. The maximum absolute atomic E-state index is 13.4. The van der Waals surface area contributed by atoms with Crippen LogP contribution in [0.1, 0.15) is 35.8 Å². The van der Waals surface area contributed by atoms with E-state index in [9.17, 15) is 9.59 Å². The van der Waals surface area contributed by atoms with Crippen molar-refractivity contribution in [3.05, 3.63) is 53.6 Å². The molecule has 2 heterocycles. The topological polar surface area (TPSA) is 80.3 Å². The third-order valence-corrected chi connectivity index (χ3v) is 6.35. The molecule has 4 rings (SSSR count). The number of para-hydroxylation sites is 1. The van der Waals surface area contributed by atoms with E-state index in [1.54, 1.807) is 62.2 Å². The zero-order chi connectivity index (χ0) is 23.9. The number of esters is 1. The summed E-state index contributed by atoms with van der Waals surface area (Å²) in [6, 6.07) is 12.1. The van der Waals surface area contributed by atoms with E-state index in [4.69, 9.17) is 26.4 Å². The van der Waals surface area contributed by atoms with E-state index < -0.39 is 23.7 Å². The highest BCUT2D eigenvalue weighted by Crippen LogP contribution is 2.52. The Morgan fingerprint density at radius 1 is 1.21 bits per heavy atom. The van der Waals surface area contributed by atoms with Crippen LogP contribution >= 0.6 is 12.2 Å². The maximum Gasteiger partial charge on any atom is 0.338 e. The predicted molar refractivity (Wildman–Crippen MR) is 128 cm³/mol. The van der Waals surface area contributed by atoms with Crippen LogP contribution in [0.3, 0.4) is 0 Å². The van der Waals surface area contributed by atoms with Gasteiger partial charge in [-0.25, -0.2) is 4.79 Å². The number of hydrogen-bond donors (Lipinski definition) is 1. The van der Waals surface area contributed by atoms with Gasteiger partial charge in [-0.2, -0.15) is 0 Å². The Morgan fingerprint density at radius 2 is 1.91 bits per heavy atom. The molecule has 174 valence electrons. The van der Waals surface area contributed by atoms with E-state index in [-0.39, 0.29) is 5.91 Å². The lowest BCUT2D eigenvalue weighted by molar-refractivity contribution is -0.144. The first-order valence-corrected chi connectivity index (χ1v) is 11.1. The van der Waals surface area contributed by atoms with Gasteiger partial charge in [-0.1, -0.05) is 12.1 Å². The summed E-state index contributed by atoms with van der Waals surface area (Å²) in [5, 5.41) is 3.77. The molecule has 8 nitrogen and oxygen atoms in total. The number of thiocarbonyl (C=S) groups is 1. The van der Waals surface area contributed by atoms with Crippen molar-refractivity contribution in [2.45, 2.75) is 25.6 Å². The molecule has 2 aliphatic rings. The summed E-state index contributed by atoms with van der Waals surface area (Å²) in [6.45, 7) is 3.91. The second kappa shape index (κ2) is 8.55. The van der Waals surface area contributed by atoms with Crippen molar-refractivity contribution in [3.8, 4) is 11.5 Å². The first-order chi connectivity index (χ1) is 15.7. The molecule has 2 aromatic rings. The molecule has 0 aliphatic carbocycles. The Kier molecular flexibility index (Phi) is 5.92. The summed E-state index contributed by atoms with van der Waals surface area (Å²) in [7, 11) is 5.02. The smallest absolute Gasteiger partial charge is 0.338 e. The molecule has 2 bridgehead atoms. The molecule has 1 N–H and O–H groups in total. The average Bonchev–Trinajstić information content (AvgIpc) is 2.78. The van der Waals surface area contributed by atoms with E-state index in [2.05, 4.69) is 5.32 Å². The van der Waals surface area contributed by atoms with Crippen LogP contribution in [0, 0.1) is 5.92 Å². The van der Waals surface area contributed by atoms with Crippen LogP contribution in [0.2, 0.25) is 0 Å². The third kappa shape index (κ3) is 3.66. The van der Waals surface area contributed by atoms with Crippen molar-refractivity contribution in [1.82, 2.24) is 10.2 Å². The van der Waals surface area contributed by atoms with E-state index in [0.29, 0.717) is 34.5 Å². The number of methoxy groups -OCH3 is 1. The summed E-state index contributed by atoms with van der Waals surface area (Å²) in [5.74, 6) is 0.0377. The van der Waals surface area contributed by atoms with Gasteiger partial charge in [0.05, 0.1) is 25.3 Å². The molecule has 2 aromatic carbocycles. The number of carbonyl (C=O) groups excluding carboxylic acids is 2. The van der Waals surface area contributed by atoms with Gasteiger partial charge in [-0.15, -0.1) is 0 Å². The van der Waals surface area contributed by atoms with Crippen LogP contribution in [0.25, 0.3) is 0 Å². The van der Waals surface area contributed by atoms with Gasteiger partial charge in [0.2, 0.25) is 5.91 Å². The van der Waals surface area contributed by atoms with Gasteiger partial charge in [0.25, 0.3) is 0 Å². The lowest BCUT2D eigenvalue weighted by atomic mass is 9.78. The number of amides is 1. The molecule has 33 heavy (non-hydrogen) atoms. The minimum Gasteiger partial charge on any atom is -0.493 e. The van der Waals surface area contributed by atoms with Crippen LogP contribution in [0.15, 0.2) is 42.5 Å². The third-order valence-electron chi connectivity index (χ3n) is 6.05. The zero-order valence-electron chi connectivity index (χ0n) is 19.2. The number of nitrogens with one attached hydrogen (secondary N) is 1. The van der Waals surface area contributed by atoms with Crippen molar-refractivity contribution >= 4 is 34.9 Å². The fourth-order valence-corrected chi connectivity index (χ4v) is 4.95. The second-order valence-corrected chi connectivity index (χ2v) is 8.66. The lowest BCUT2D eigenvalue weighted by Gasteiger charge is -2.56. The number of rotatable bonds is 5. The summed E-state index contributed by atoms with van der Waals surface area (Å²) >= 11 is 5.74. The first-order valence-electron chi connectivity index (χ1n) is 10.7. The second-order valence-electron chi connectivity index (χ2n) is 8.28. The maximum atomic E-state index is 13.4. The number of benzene rings is 2. The van der Waals surface area contributed by atoms with E-state index in [1.165, 1.54) is 0 Å². The molecular formula is C24H27N3O5S. The lowest BCUT2D eigenvalue weighted by Crippen LogP contribution is -2.72. The SMILES string of the molecule is CCOC(=O)c1ccc(N2C(=S)N[C@H]3c4cccc(OC)c4O[C@@]2(C)[C@H]3C(=O)N(C)C)cc1. The van der Waals surface area contributed by atoms with Crippen molar-refractivity contribution < 1.29 is 23.8 Å². The summed E-state index contributed by atoms with van der Waals surface area (Å²) in [5.41, 5.74) is 0.765. The van der Waals surface area contributed by atoms with Gasteiger partial charge < -0.3 is 24.4 Å². The van der Waals surface area contributed by atoms with Crippen LogP contribution in [0.4, 0.5) is 5.69 Å². The van der Waals surface area contributed by atoms with Gasteiger partial charge >= 0.3 is 5.97 Å². The Labute approximate surface area is 198 Å². The highest BCUT2D eigenvalue weighted by atomic mass is 32.1. The highest BCUT2D eigenvalue weighted by molar-refractivity contribution is 7.80. The average molecular weight is 470 g/mol. The monoisotopic (exact) mass is 469 g/mol. The molecule has 1 fully saturated rings. The minimum atomic E-state index is -1.15. The summed E-state index contributed by atoms with van der Waals surface area (Å²) in [4.78, 5) is 28.9. The fraction of sp³-hybridized carbons (Fsp3) is 0.375. The highest BCUT2D eigenvalue weighted by Gasteiger charge is 2.59. The van der Waals surface area contributed by atoms with Crippen molar-refractivity contribution in [3.63, 3.8) is 0 Å². The van der Waals surface area contributed by atoms with Crippen LogP contribution in [0.5, 0.6) is 11.5 Å². The van der Waals surface area contributed by atoms with Crippen LogP contribution < -0.4 is 19.7 Å². The number of ether oxygens (including phenoxy) is 3. The molecule has 1 amide bonds. The Balaban J connectivity index is 1.84. The van der Waals surface area contributed by atoms with E-state index >= 15 is 0 Å². The number of anilines is 1. The van der Waals surface area contributed by atoms with Crippen LogP contribution in [-0.2, 0) is 9.53 Å². The van der Waals surface area contributed by atoms with Crippen molar-refractivity contribution in [2.24, 2.45) is 5.92 Å². The van der Waals surface area contributed by atoms with Gasteiger partial charge in [0.15, 0.2) is 22.3 Å². The van der Waals surface area contributed by atoms with E-state index in [1.807, 2.05) is 25.1 Å². The summed E-state index contributed by atoms with van der Waals surface area (Å²) in [6.07, 6.45) is 0. The number of carbonyl (C=O) groups is 2. The zero-order valence-corrected chi connectivity index (χ0v) is 20.1. The number of nitrogens with zero attached hydrogens (tertiary/aromatic N) is 2. The molecule has 0 radical (unpaired) electrons. The normalized spacial score (nSPS) is 23.1. The van der Waals surface area contributed by atoms with Gasteiger partial charge in [-0.3, -0.25) is 9.69 Å². The van der Waals surface area contributed by atoms with Crippen molar-refractivity contribution in [2.75, 3.05) is 32.7 Å². The molecule has 0 spiro atoms. The van der Waals surface area contributed by atoms with Gasteiger partial charge in [-0.05, 0) is 56.4 Å².